The summed E-state index contributed by atoms with van der Waals surface area (Å²) in [6.07, 6.45) is -2.55. The molecule has 3 rings (SSSR count). The third-order valence-electron chi connectivity index (χ3n) is 4.84. The van der Waals surface area contributed by atoms with Crippen LogP contribution in [0.1, 0.15) is 34.3 Å². The van der Waals surface area contributed by atoms with Gasteiger partial charge in [0.05, 0.1) is 0 Å². The van der Waals surface area contributed by atoms with Crippen LogP contribution in [0.25, 0.3) is 0 Å². The number of likely N-dealkylation sites (tertiary alicyclic amines) is 1. The summed E-state index contributed by atoms with van der Waals surface area (Å²) < 4.78 is 37.7. The first-order valence-corrected chi connectivity index (χ1v) is 7.62. The van der Waals surface area contributed by atoms with Crippen molar-refractivity contribution in [2.45, 2.75) is 31.9 Å². The molecule has 2 amide bonds. The lowest BCUT2D eigenvalue weighted by molar-refractivity contribution is -0.157. The van der Waals surface area contributed by atoms with Crippen LogP contribution in [0.15, 0.2) is 18.2 Å². The lowest BCUT2D eigenvalue weighted by Crippen LogP contribution is -2.38. The molecule has 1 aromatic rings. The van der Waals surface area contributed by atoms with Crippen molar-refractivity contribution >= 4 is 11.8 Å². The molecular weight excluding hydrogens is 325 g/mol. The van der Waals surface area contributed by atoms with Crippen molar-refractivity contribution in [2.24, 2.45) is 5.41 Å². The van der Waals surface area contributed by atoms with Crippen LogP contribution in [0.2, 0.25) is 0 Å². The molecular formula is C16H17F3N2O3. The van der Waals surface area contributed by atoms with E-state index in [0.29, 0.717) is 24.8 Å². The lowest BCUT2D eigenvalue weighted by Gasteiger charge is -2.34. The number of alkyl halides is 3. The van der Waals surface area contributed by atoms with E-state index in [2.05, 4.69) is 0 Å². The Kier molecular flexibility index (Phi) is 4.03. The van der Waals surface area contributed by atoms with E-state index in [9.17, 15) is 22.8 Å². The Labute approximate surface area is 136 Å². The third-order valence-corrected chi connectivity index (χ3v) is 4.84. The van der Waals surface area contributed by atoms with E-state index in [-0.39, 0.29) is 13.0 Å². The van der Waals surface area contributed by atoms with Gasteiger partial charge < -0.3 is 4.90 Å². The standard InChI is InChI=1S/C16H17F3N2O3/c17-16(18,19)9-21-8-15(7-13(21)22)4-3-10-5-11(14(23)20-24)1-2-12(10)6-15/h1-2,5,24H,3-4,6-9H2,(H,20,23)/t15-/m1/s1. The SMILES string of the molecule is O=C(NO)c1ccc2c(c1)CC[C@]1(CC(=O)N(CC(F)(F)F)C1)C2. The van der Waals surface area contributed by atoms with Gasteiger partial charge >= 0.3 is 6.18 Å². The molecule has 24 heavy (non-hydrogen) atoms. The number of rotatable bonds is 2. The maximum atomic E-state index is 12.6. The van der Waals surface area contributed by atoms with E-state index in [1.165, 1.54) is 0 Å². The van der Waals surface area contributed by atoms with Gasteiger partial charge in [0.2, 0.25) is 5.91 Å². The van der Waals surface area contributed by atoms with Crippen LogP contribution in [-0.2, 0) is 17.6 Å². The molecule has 1 spiro atoms. The molecule has 1 fully saturated rings. The number of carbonyl (C=O) groups excluding carboxylic acids is 2. The number of amides is 2. The third kappa shape index (κ3) is 3.24. The summed E-state index contributed by atoms with van der Waals surface area (Å²) in [5.74, 6) is -1.06. The van der Waals surface area contributed by atoms with E-state index in [1.54, 1.807) is 23.7 Å². The molecule has 8 heteroatoms. The van der Waals surface area contributed by atoms with Crippen LogP contribution in [0.5, 0.6) is 0 Å². The smallest absolute Gasteiger partial charge is 0.333 e. The zero-order valence-corrected chi connectivity index (χ0v) is 12.8. The van der Waals surface area contributed by atoms with Crippen molar-refractivity contribution in [3.63, 3.8) is 0 Å². The van der Waals surface area contributed by atoms with Gasteiger partial charge in [0.1, 0.15) is 6.54 Å². The van der Waals surface area contributed by atoms with Crippen LogP contribution >= 0.6 is 0 Å². The molecule has 130 valence electrons. The Morgan fingerprint density at radius 1 is 1.29 bits per heavy atom. The van der Waals surface area contributed by atoms with Crippen LogP contribution < -0.4 is 5.48 Å². The zero-order chi connectivity index (χ0) is 17.5. The van der Waals surface area contributed by atoms with Crippen molar-refractivity contribution < 1.29 is 28.0 Å². The van der Waals surface area contributed by atoms with E-state index < -0.39 is 30.0 Å². The van der Waals surface area contributed by atoms with Crippen molar-refractivity contribution in [1.29, 1.82) is 0 Å². The van der Waals surface area contributed by atoms with Crippen LogP contribution in [-0.4, -0.2) is 41.2 Å². The fraction of sp³-hybridized carbons (Fsp3) is 0.500. The van der Waals surface area contributed by atoms with Crippen LogP contribution in [0.4, 0.5) is 13.2 Å². The monoisotopic (exact) mass is 342 g/mol. The minimum atomic E-state index is -4.39. The minimum Gasteiger partial charge on any atom is -0.333 e. The Balaban J connectivity index is 1.78. The molecule has 1 heterocycles. The van der Waals surface area contributed by atoms with Gasteiger partial charge in [0.15, 0.2) is 0 Å². The van der Waals surface area contributed by atoms with E-state index >= 15 is 0 Å². The summed E-state index contributed by atoms with van der Waals surface area (Å²) >= 11 is 0. The molecule has 2 N–H and O–H groups in total. The highest BCUT2D eigenvalue weighted by atomic mass is 19.4. The average Bonchev–Trinajstić information content (AvgIpc) is 2.79. The summed E-state index contributed by atoms with van der Waals surface area (Å²) in [5, 5.41) is 8.68. The van der Waals surface area contributed by atoms with Crippen LogP contribution in [0, 0.1) is 5.41 Å². The van der Waals surface area contributed by atoms with Crippen molar-refractivity contribution in [2.75, 3.05) is 13.1 Å². The largest absolute Gasteiger partial charge is 0.406 e. The molecule has 0 radical (unpaired) electrons. The summed E-state index contributed by atoms with van der Waals surface area (Å²) in [6, 6.07) is 4.99. The van der Waals surface area contributed by atoms with E-state index in [1.807, 2.05) is 0 Å². The summed E-state index contributed by atoms with van der Waals surface area (Å²) in [5.41, 5.74) is 3.31. The molecule has 0 bridgehead atoms. The predicted octanol–water partition coefficient (Wildman–Crippen LogP) is 2.08. The molecule has 0 saturated carbocycles. The van der Waals surface area contributed by atoms with Gasteiger partial charge in [-0.3, -0.25) is 14.8 Å². The van der Waals surface area contributed by atoms with Gasteiger partial charge in [0, 0.05) is 23.9 Å². The number of fused-ring (bicyclic) bond motifs is 1. The number of hydroxylamine groups is 1. The van der Waals surface area contributed by atoms with Gasteiger partial charge in [-0.1, -0.05) is 6.07 Å². The van der Waals surface area contributed by atoms with Crippen LogP contribution in [0.3, 0.4) is 0 Å². The highest BCUT2D eigenvalue weighted by molar-refractivity contribution is 5.93. The van der Waals surface area contributed by atoms with Crippen molar-refractivity contribution in [3.05, 3.63) is 34.9 Å². The second-order valence-electron chi connectivity index (χ2n) is 6.64. The Hall–Kier alpha value is -2.09. The molecule has 5 nitrogen and oxygen atoms in total. The minimum absolute atomic E-state index is 0.115. The molecule has 1 saturated heterocycles. The quantitative estimate of drug-likeness (QED) is 0.639. The summed E-state index contributed by atoms with van der Waals surface area (Å²) in [6.45, 7) is -1.08. The molecule has 1 atom stereocenters. The Bertz CT molecular complexity index is 690. The Morgan fingerprint density at radius 3 is 2.71 bits per heavy atom. The number of halogens is 3. The highest BCUT2D eigenvalue weighted by Crippen LogP contribution is 2.44. The highest BCUT2D eigenvalue weighted by Gasteiger charge is 2.47. The number of hydrogen-bond acceptors (Lipinski definition) is 3. The first-order valence-electron chi connectivity index (χ1n) is 7.62. The normalized spacial score (nSPS) is 23.5. The summed E-state index contributed by atoms with van der Waals surface area (Å²) in [7, 11) is 0. The predicted molar refractivity (Wildman–Crippen MR) is 77.4 cm³/mol. The summed E-state index contributed by atoms with van der Waals surface area (Å²) in [4.78, 5) is 24.3. The van der Waals surface area contributed by atoms with Crippen molar-refractivity contribution in [3.8, 4) is 0 Å². The lowest BCUT2D eigenvalue weighted by atomic mass is 9.71. The fourth-order valence-electron chi connectivity index (χ4n) is 3.76. The number of carbonyl (C=O) groups is 2. The first kappa shape index (κ1) is 16.8. The molecule has 0 unspecified atom stereocenters. The zero-order valence-electron chi connectivity index (χ0n) is 12.8. The number of hydrogen-bond donors (Lipinski definition) is 2. The number of aryl methyl sites for hydroxylation is 1. The first-order chi connectivity index (χ1) is 11.2. The molecule has 1 aromatic carbocycles. The van der Waals surface area contributed by atoms with Gasteiger partial charge in [-0.15, -0.1) is 0 Å². The van der Waals surface area contributed by atoms with Gasteiger partial charge in [-0.2, -0.15) is 13.2 Å². The second-order valence-corrected chi connectivity index (χ2v) is 6.64. The molecule has 2 aliphatic rings. The van der Waals surface area contributed by atoms with E-state index in [4.69, 9.17) is 5.21 Å². The van der Waals surface area contributed by atoms with Crippen molar-refractivity contribution in [1.82, 2.24) is 10.4 Å². The topological polar surface area (TPSA) is 69.6 Å². The van der Waals surface area contributed by atoms with Gasteiger partial charge in [0.25, 0.3) is 5.91 Å². The van der Waals surface area contributed by atoms with Gasteiger partial charge in [-0.05, 0) is 42.5 Å². The second kappa shape index (κ2) is 5.77. The maximum Gasteiger partial charge on any atom is 0.406 e. The fourth-order valence-corrected chi connectivity index (χ4v) is 3.76. The number of nitrogens with one attached hydrogen (secondary N) is 1. The molecule has 0 aromatic heterocycles. The Morgan fingerprint density at radius 2 is 2.04 bits per heavy atom. The number of nitrogens with zero attached hydrogens (tertiary/aromatic N) is 1. The maximum absolute atomic E-state index is 12.6. The molecule has 1 aliphatic heterocycles. The average molecular weight is 342 g/mol. The van der Waals surface area contributed by atoms with Gasteiger partial charge in [-0.25, -0.2) is 5.48 Å². The van der Waals surface area contributed by atoms with E-state index in [0.717, 1.165) is 16.0 Å². The number of benzene rings is 1. The molecule has 1 aliphatic carbocycles.